The molecule has 0 spiro atoms. The van der Waals surface area contributed by atoms with E-state index in [4.69, 9.17) is 0 Å². The van der Waals surface area contributed by atoms with Gasteiger partial charge in [-0.1, -0.05) is 20.3 Å². The summed E-state index contributed by atoms with van der Waals surface area (Å²) in [6, 6.07) is 0. The predicted octanol–water partition coefficient (Wildman–Crippen LogP) is 1.82. The zero-order valence-corrected chi connectivity index (χ0v) is 11.1. The number of sulfone groups is 1. The third-order valence-electron chi connectivity index (χ3n) is 4.52. The van der Waals surface area contributed by atoms with E-state index < -0.39 is 15.3 Å². The zero-order valence-electron chi connectivity index (χ0n) is 10.2. The molecule has 2 fully saturated rings. The number of carbonyl (C=O) groups excluding carboxylic acids is 1. The lowest BCUT2D eigenvalue weighted by atomic mass is 9.46. The topological polar surface area (TPSA) is 51.2 Å². The van der Waals surface area contributed by atoms with E-state index in [1.165, 1.54) is 6.26 Å². The van der Waals surface area contributed by atoms with Gasteiger partial charge in [0.1, 0.15) is 15.6 Å². The van der Waals surface area contributed by atoms with Gasteiger partial charge in [0.25, 0.3) is 0 Å². The molecule has 3 nitrogen and oxygen atoms in total. The number of rotatable bonds is 2. The second kappa shape index (κ2) is 3.31. The van der Waals surface area contributed by atoms with E-state index >= 15 is 0 Å². The smallest absolute Gasteiger partial charge is 0.148 e. The SMILES string of the molecule is CC1(C)CCC[C@@]2(CS(C)(=O)=O)C(=O)CC12. The Hall–Kier alpha value is -0.380. The standard InChI is InChI=1S/C12H20O3S/c1-11(2)5-4-6-12(8-16(3,14)15)9(11)7-10(12)13/h9H,4-8H2,1-3H3/t9?,12-/m0/s1. The molecule has 0 heterocycles. The van der Waals surface area contributed by atoms with Crippen LogP contribution in [0.1, 0.15) is 39.5 Å². The normalized spacial score (nSPS) is 37.7. The lowest BCUT2D eigenvalue weighted by molar-refractivity contribution is -0.158. The van der Waals surface area contributed by atoms with Crippen molar-refractivity contribution in [2.45, 2.75) is 39.5 Å². The lowest BCUT2D eigenvalue weighted by Gasteiger charge is -2.58. The Kier molecular flexibility index (Phi) is 2.50. The number of hydrogen-bond donors (Lipinski definition) is 0. The molecule has 0 amide bonds. The minimum Gasteiger partial charge on any atom is -0.299 e. The van der Waals surface area contributed by atoms with Gasteiger partial charge in [-0.15, -0.1) is 0 Å². The van der Waals surface area contributed by atoms with E-state index in [-0.39, 0.29) is 22.9 Å². The molecule has 0 bridgehead atoms. The summed E-state index contributed by atoms with van der Waals surface area (Å²) in [5.74, 6) is 0.513. The molecule has 0 radical (unpaired) electrons. The molecule has 2 aliphatic carbocycles. The molecule has 2 saturated carbocycles. The number of hydrogen-bond acceptors (Lipinski definition) is 3. The Morgan fingerprint density at radius 2 is 1.94 bits per heavy atom. The second-order valence-electron chi connectivity index (χ2n) is 6.25. The van der Waals surface area contributed by atoms with Gasteiger partial charge in [0.2, 0.25) is 0 Å². The highest BCUT2D eigenvalue weighted by molar-refractivity contribution is 7.90. The largest absolute Gasteiger partial charge is 0.299 e. The first-order valence-corrected chi connectivity index (χ1v) is 7.94. The molecule has 2 rings (SSSR count). The van der Waals surface area contributed by atoms with Crippen molar-refractivity contribution in [2.75, 3.05) is 12.0 Å². The minimum atomic E-state index is -3.07. The maximum atomic E-state index is 11.9. The van der Waals surface area contributed by atoms with Crippen molar-refractivity contribution in [3.8, 4) is 0 Å². The van der Waals surface area contributed by atoms with Crippen LogP contribution in [0, 0.1) is 16.7 Å². The summed E-state index contributed by atoms with van der Waals surface area (Å²) in [5, 5.41) is 0. The zero-order chi connectivity index (χ0) is 12.2. The molecule has 1 unspecified atom stereocenters. The molecule has 0 N–H and O–H groups in total. The van der Waals surface area contributed by atoms with Crippen molar-refractivity contribution in [1.29, 1.82) is 0 Å². The fourth-order valence-corrected chi connectivity index (χ4v) is 5.18. The molecule has 2 aliphatic rings. The highest BCUT2D eigenvalue weighted by Gasteiger charge is 2.62. The predicted molar refractivity (Wildman–Crippen MR) is 62.9 cm³/mol. The summed E-state index contributed by atoms with van der Waals surface area (Å²) in [5.41, 5.74) is -0.411. The summed E-state index contributed by atoms with van der Waals surface area (Å²) >= 11 is 0. The van der Waals surface area contributed by atoms with Gasteiger partial charge in [0.15, 0.2) is 0 Å². The van der Waals surface area contributed by atoms with Gasteiger partial charge in [-0.25, -0.2) is 8.42 Å². The van der Waals surface area contributed by atoms with E-state index in [1.54, 1.807) is 0 Å². The molecule has 0 aromatic heterocycles. The van der Waals surface area contributed by atoms with Crippen molar-refractivity contribution < 1.29 is 13.2 Å². The van der Waals surface area contributed by atoms with Gasteiger partial charge >= 0.3 is 0 Å². The van der Waals surface area contributed by atoms with Crippen LogP contribution in [0.5, 0.6) is 0 Å². The number of carbonyl (C=O) groups is 1. The van der Waals surface area contributed by atoms with Crippen LogP contribution in [-0.2, 0) is 14.6 Å². The van der Waals surface area contributed by atoms with Crippen molar-refractivity contribution >= 4 is 15.6 Å². The Morgan fingerprint density at radius 1 is 1.31 bits per heavy atom. The van der Waals surface area contributed by atoms with Crippen LogP contribution < -0.4 is 0 Å². The summed E-state index contributed by atoms with van der Waals surface area (Å²) in [6.07, 6.45) is 4.68. The highest BCUT2D eigenvalue weighted by atomic mass is 32.2. The molecule has 2 atom stereocenters. The molecule has 0 aromatic rings. The van der Waals surface area contributed by atoms with E-state index in [2.05, 4.69) is 13.8 Å². The van der Waals surface area contributed by atoms with Crippen LogP contribution in [0.4, 0.5) is 0 Å². The lowest BCUT2D eigenvalue weighted by Crippen LogP contribution is -2.60. The van der Waals surface area contributed by atoms with Crippen molar-refractivity contribution in [3.05, 3.63) is 0 Å². The van der Waals surface area contributed by atoms with E-state index in [0.29, 0.717) is 6.42 Å². The number of fused-ring (bicyclic) bond motifs is 1. The molecule has 0 saturated heterocycles. The maximum absolute atomic E-state index is 11.9. The van der Waals surface area contributed by atoms with Gasteiger partial charge < -0.3 is 0 Å². The molecule has 92 valence electrons. The van der Waals surface area contributed by atoms with Crippen molar-refractivity contribution in [1.82, 2.24) is 0 Å². The Morgan fingerprint density at radius 3 is 2.44 bits per heavy atom. The monoisotopic (exact) mass is 244 g/mol. The van der Waals surface area contributed by atoms with Crippen LogP contribution in [-0.4, -0.2) is 26.2 Å². The average Bonchev–Trinajstić information content (AvgIpc) is 2.08. The highest BCUT2D eigenvalue weighted by Crippen LogP contribution is 2.60. The summed E-state index contributed by atoms with van der Waals surface area (Å²) in [6.45, 7) is 4.33. The number of ketones is 1. The van der Waals surface area contributed by atoms with Gasteiger partial charge in [-0.05, 0) is 24.2 Å². The van der Waals surface area contributed by atoms with Gasteiger partial charge in [0.05, 0.1) is 5.75 Å². The second-order valence-corrected chi connectivity index (χ2v) is 8.39. The Balaban J connectivity index is 2.33. The third kappa shape index (κ3) is 1.71. The van der Waals surface area contributed by atoms with Gasteiger partial charge in [0, 0.05) is 18.1 Å². The van der Waals surface area contributed by atoms with Crippen LogP contribution in [0.3, 0.4) is 0 Å². The van der Waals surface area contributed by atoms with Crippen LogP contribution in [0.25, 0.3) is 0 Å². The quantitative estimate of drug-likeness (QED) is 0.744. The Bertz CT molecular complexity index is 422. The molecule has 0 aromatic carbocycles. The fraction of sp³-hybridized carbons (Fsp3) is 0.917. The van der Waals surface area contributed by atoms with Crippen LogP contribution in [0.2, 0.25) is 0 Å². The van der Waals surface area contributed by atoms with E-state index in [0.717, 1.165) is 19.3 Å². The first-order valence-electron chi connectivity index (χ1n) is 5.88. The Labute approximate surface area is 97.5 Å². The van der Waals surface area contributed by atoms with E-state index in [1.807, 2.05) is 0 Å². The summed E-state index contributed by atoms with van der Waals surface area (Å²) in [4.78, 5) is 11.9. The first kappa shape index (κ1) is 12.1. The van der Waals surface area contributed by atoms with Gasteiger partial charge in [-0.3, -0.25) is 4.79 Å². The molecular formula is C12H20O3S. The first-order chi connectivity index (χ1) is 7.17. The van der Waals surface area contributed by atoms with Crippen molar-refractivity contribution in [2.24, 2.45) is 16.7 Å². The van der Waals surface area contributed by atoms with Gasteiger partial charge in [-0.2, -0.15) is 0 Å². The summed E-state index contributed by atoms with van der Waals surface area (Å²) in [7, 11) is -3.07. The van der Waals surface area contributed by atoms with Crippen LogP contribution >= 0.6 is 0 Å². The third-order valence-corrected chi connectivity index (χ3v) is 5.56. The molecular weight excluding hydrogens is 224 g/mol. The maximum Gasteiger partial charge on any atom is 0.148 e. The van der Waals surface area contributed by atoms with Crippen molar-refractivity contribution in [3.63, 3.8) is 0 Å². The molecule has 0 aliphatic heterocycles. The summed E-state index contributed by atoms with van der Waals surface area (Å²) < 4.78 is 23.0. The molecule has 16 heavy (non-hydrogen) atoms. The van der Waals surface area contributed by atoms with E-state index in [9.17, 15) is 13.2 Å². The van der Waals surface area contributed by atoms with Crippen LogP contribution in [0.15, 0.2) is 0 Å². The molecule has 4 heteroatoms. The minimum absolute atomic E-state index is 0.0624. The fourth-order valence-electron chi connectivity index (χ4n) is 3.74. The average molecular weight is 244 g/mol. The number of Topliss-reactive ketones (excluding diaryl/α,β-unsaturated/α-hetero) is 1.